The van der Waals surface area contributed by atoms with Gasteiger partial charge in [0.15, 0.2) is 5.76 Å². The molecule has 8 heteroatoms. The van der Waals surface area contributed by atoms with Crippen molar-refractivity contribution in [2.24, 2.45) is 5.10 Å². The van der Waals surface area contributed by atoms with E-state index in [4.69, 9.17) is 25.2 Å². The number of carbonyl (C=O) groups excluding carboxylic acids is 2. The number of ether oxygens (including phenoxy) is 1. The van der Waals surface area contributed by atoms with Crippen LogP contribution < -0.4 is 5.43 Å². The van der Waals surface area contributed by atoms with Crippen molar-refractivity contribution in [3.8, 4) is 11.3 Å². The summed E-state index contributed by atoms with van der Waals surface area (Å²) >= 11 is 6.07. The van der Waals surface area contributed by atoms with Gasteiger partial charge in [0.25, 0.3) is 0 Å². The number of nitrogens with zero attached hydrogens (tertiary/aromatic N) is 1. The number of halogens is 1. The molecule has 5 aromatic rings. The Morgan fingerprint density at radius 3 is 2.68 bits per heavy atom. The van der Waals surface area contributed by atoms with Gasteiger partial charge in [-0.05, 0) is 53.2 Å². The van der Waals surface area contributed by atoms with Crippen molar-refractivity contribution in [1.29, 1.82) is 0 Å². The Kier molecular flexibility index (Phi) is 5.61. The maximum atomic E-state index is 12.5. The second-order valence-corrected chi connectivity index (χ2v) is 7.80. The van der Waals surface area contributed by atoms with E-state index < -0.39 is 11.9 Å². The predicted octanol–water partition coefficient (Wildman–Crippen LogP) is 6.05. The van der Waals surface area contributed by atoms with Crippen LogP contribution in [0.3, 0.4) is 0 Å². The highest BCUT2D eigenvalue weighted by atomic mass is 35.5. The standard InChI is InChI=1S/C26H17ClN2O5/c1-32-26(31)20-12-16(6-9-21(20)27)22-11-8-17(33-22)14-28-29-25(30)24-13-19-18-5-3-2-4-15(18)7-10-23(19)34-24/h2-14H,1H3,(H,29,30)/b28-14-. The third-order valence-corrected chi connectivity index (χ3v) is 5.62. The lowest BCUT2D eigenvalue weighted by molar-refractivity contribution is 0.0601. The Balaban J connectivity index is 1.31. The van der Waals surface area contributed by atoms with Gasteiger partial charge in [-0.15, -0.1) is 0 Å². The van der Waals surface area contributed by atoms with E-state index in [1.54, 1.807) is 36.4 Å². The van der Waals surface area contributed by atoms with Crippen molar-refractivity contribution in [3.05, 3.63) is 94.9 Å². The topological polar surface area (TPSA) is 94.0 Å². The number of rotatable bonds is 5. The van der Waals surface area contributed by atoms with Crippen molar-refractivity contribution < 1.29 is 23.2 Å². The van der Waals surface area contributed by atoms with Crippen LogP contribution in [0.1, 0.15) is 26.7 Å². The Hall–Kier alpha value is -4.36. The summed E-state index contributed by atoms with van der Waals surface area (Å²) in [4.78, 5) is 24.4. The molecule has 5 rings (SSSR count). The first kappa shape index (κ1) is 21.5. The fraction of sp³-hybridized carbons (Fsp3) is 0.0385. The van der Waals surface area contributed by atoms with E-state index in [0.717, 1.165) is 16.2 Å². The van der Waals surface area contributed by atoms with Crippen LogP contribution in [-0.4, -0.2) is 25.2 Å². The molecule has 2 heterocycles. The summed E-state index contributed by atoms with van der Waals surface area (Å²) in [6.45, 7) is 0. The quantitative estimate of drug-likeness (QED) is 0.191. The van der Waals surface area contributed by atoms with Gasteiger partial charge in [-0.25, -0.2) is 10.2 Å². The molecular weight excluding hydrogens is 456 g/mol. The van der Waals surface area contributed by atoms with Gasteiger partial charge in [-0.1, -0.05) is 41.9 Å². The van der Waals surface area contributed by atoms with Crippen LogP contribution in [0.15, 0.2) is 86.7 Å². The average molecular weight is 473 g/mol. The molecule has 0 aliphatic carbocycles. The van der Waals surface area contributed by atoms with Crippen molar-refractivity contribution in [2.75, 3.05) is 7.11 Å². The fourth-order valence-electron chi connectivity index (χ4n) is 3.64. The van der Waals surface area contributed by atoms with Gasteiger partial charge in [-0.2, -0.15) is 5.10 Å². The molecule has 0 saturated heterocycles. The molecule has 0 radical (unpaired) electrons. The molecule has 168 valence electrons. The van der Waals surface area contributed by atoms with Gasteiger partial charge >= 0.3 is 11.9 Å². The first-order valence-electron chi connectivity index (χ1n) is 10.3. The van der Waals surface area contributed by atoms with Crippen LogP contribution in [0.5, 0.6) is 0 Å². The fourth-order valence-corrected chi connectivity index (χ4v) is 3.83. The van der Waals surface area contributed by atoms with Crippen molar-refractivity contribution in [3.63, 3.8) is 0 Å². The number of benzene rings is 3. The Morgan fingerprint density at radius 2 is 1.82 bits per heavy atom. The molecule has 0 atom stereocenters. The number of amides is 1. The molecular formula is C26H17ClN2O5. The van der Waals surface area contributed by atoms with E-state index in [-0.39, 0.29) is 16.3 Å². The molecule has 0 aliphatic heterocycles. The predicted molar refractivity (Wildman–Crippen MR) is 129 cm³/mol. The lowest BCUT2D eigenvalue weighted by atomic mass is 10.1. The van der Waals surface area contributed by atoms with E-state index in [1.165, 1.54) is 13.3 Å². The molecule has 1 amide bonds. The third kappa shape index (κ3) is 4.04. The van der Waals surface area contributed by atoms with E-state index in [2.05, 4.69) is 10.5 Å². The van der Waals surface area contributed by atoms with E-state index in [0.29, 0.717) is 22.7 Å². The average Bonchev–Trinajstić information content (AvgIpc) is 3.51. The monoisotopic (exact) mass is 472 g/mol. The van der Waals surface area contributed by atoms with Crippen molar-refractivity contribution in [1.82, 2.24) is 5.43 Å². The molecule has 0 fully saturated rings. The smallest absolute Gasteiger partial charge is 0.339 e. The van der Waals surface area contributed by atoms with Crippen LogP contribution in [0.2, 0.25) is 5.02 Å². The number of nitrogens with one attached hydrogen (secondary N) is 1. The maximum absolute atomic E-state index is 12.5. The molecule has 0 spiro atoms. The Labute approximate surface area is 198 Å². The molecule has 0 saturated carbocycles. The van der Waals surface area contributed by atoms with Crippen LogP contribution in [0, 0.1) is 0 Å². The summed E-state index contributed by atoms with van der Waals surface area (Å²) in [6, 6.07) is 21.7. The number of carbonyl (C=O) groups is 2. The summed E-state index contributed by atoms with van der Waals surface area (Å²) in [7, 11) is 1.29. The minimum atomic E-state index is -0.540. The number of hydrazone groups is 1. The van der Waals surface area contributed by atoms with E-state index in [1.807, 2.05) is 36.4 Å². The number of esters is 1. The second kappa shape index (κ2) is 8.88. The minimum absolute atomic E-state index is 0.153. The first-order valence-corrected chi connectivity index (χ1v) is 10.6. The summed E-state index contributed by atoms with van der Waals surface area (Å²) in [6.07, 6.45) is 1.37. The highest BCUT2D eigenvalue weighted by Gasteiger charge is 2.15. The van der Waals surface area contributed by atoms with Crippen molar-refractivity contribution in [2.45, 2.75) is 0 Å². The highest BCUT2D eigenvalue weighted by Crippen LogP contribution is 2.29. The Bertz CT molecular complexity index is 1580. The van der Waals surface area contributed by atoms with Gasteiger partial charge in [-0.3, -0.25) is 4.79 Å². The third-order valence-electron chi connectivity index (χ3n) is 5.29. The molecule has 34 heavy (non-hydrogen) atoms. The van der Waals surface area contributed by atoms with Crippen molar-refractivity contribution >= 4 is 51.4 Å². The largest absolute Gasteiger partial charge is 0.465 e. The first-order chi connectivity index (χ1) is 16.5. The molecule has 3 aromatic carbocycles. The number of hydrogen-bond acceptors (Lipinski definition) is 6. The summed E-state index contributed by atoms with van der Waals surface area (Å²) in [5, 5.41) is 7.17. The lowest BCUT2D eigenvalue weighted by Gasteiger charge is -2.04. The zero-order valence-corrected chi connectivity index (χ0v) is 18.6. The molecule has 7 nitrogen and oxygen atoms in total. The normalized spacial score (nSPS) is 11.4. The van der Waals surface area contributed by atoms with E-state index >= 15 is 0 Å². The van der Waals surface area contributed by atoms with Gasteiger partial charge in [0, 0.05) is 10.9 Å². The number of methoxy groups -OCH3 is 1. The van der Waals surface area contributed by atoms with Crippen LogP contribution >= 0.6 is 11.6 Å². The zero-order chi connectivity index (χ0) is 23.7. The highest BCUT2D eigenvalue weighted by molar-refractivity contribution is 6.33. The molecule has 2 aromatic heterocycles. The molecule has 1 N–H and O–H groups in total. The summed E-state index contributed by atoms with van der Waals surface area (Å²) in [5.74, 6) is 0.0320. The lowest BCUT2D eigenvalue weighted by Crippen LogP contribution is -2.16. The van der Waals surface area contributed by atoms with Gasteiger partial charge in [0.05, 0.1) is 23.9 Å². The maximum Gasteiger partial charge on any atom is 0.339 e. The molecule has 0 aliphatic rings. The number of furan rings is 2. The van der Waals surface area contributed by atoms with Gasteiger partial charge in [0.2, 0.25) is 0 Å². The number of hydrogen-bond donors (Lipinski definition) is 1. The van der Waals surface area contributed by atoms with Crippen LogP contribution in [0.4, 0.5) is 0 Å². The zero-order valence-electron chi connectivity index (χ0n) is 17.9. The summed E-state index contributed by atoms with van der Waals surface area (Å²) in [5.41, 5.74) is 3.94. The SMILES string of the molecule is COC(=O)c1cc(-c2ccc(/C=N\NC(=O)c3cc4c(ccc5ccccc54)o3)o2)ccc1Cl. The van der Waals surface area contributed by atoms with Gasteiger partial charge in [0.1, 0.15) is 17.1 Å². The Morgan fingerprint density at radius 1 is 0.971 bits per heavy atom. The second-order valence-electron chi connectivity index (χ2n) is 7.40. The van der Waals surface area contributed by atoms with Crippen LogP contribution in [0.25, 0.3) is 33.1 Å². The summed E-state index contributed by atoms with van der Waals surface area (Å²) < 4.78 is 16.2. The van der Waals surface area contributed by atoms with Crippen LogP contribution in [-0.2, 0) is 4.74 Å². The molecule has 0 unspecified atom stereocenters. The number of fused-ring (bicyclic) bond motifs is 3. The minimum Gasteiger partial charge on any atom is -0.465 e. The van der Waals surface area contributed by atoms with Gasteiger partial charge < -0.3 is 13.6 Å². The van der Waals surface area contributed by atoms with E-state index in [9.17, 15) is 9.59 Å². The molecule has 0 bridgehead atoms.